The van der Waals surface area contributed by atoms with Gasteiger partial charge in [-0.2, -0.15) is 0 Å². The maximum Gasteiger partial charge on any atom is 0.305 e. The molecule has 0 fully saturated rings. The number of fused-ring (bicyclic) bond motifs is 1. The molecule has 0 amide bonds. The van der Waals surface area contributed by atoms with Gasteiger partial charge in [-0.1, -0.05) is 11.6 Å². The molecule has 1 aromatic carbocycles. The van der Waals surface area contributed by atoms with Crippen molar-refractivity contribution in [3.8, 4) is 0 Å². The lowest BCUT2D eigenvalue weighted by atomic mass is 10.1. The fourth-order valence-electron chi connectivity index (χ4n) is 2.54. The fraction of sp³-hybridized carbons (Fsp3) is 0.375. The third kappa shape index (κ3) is 2.59. The summed E-state index contributed by atoms with van der Waals surface area (Å²) in [7, 11) is 1.39. The summed E-state index contributed by atoms with van der Waals surface area (Å²) in [5.41, 5.74) is 3.86. The van der Waals surface area contributed by atoms with E-state index < -0.39 is 0 Å². The second kappa shape index (κ2) is 5.90. The van der Waals surface area contributed by atoms with Gasteiger partial charge >= 0.3 is 5.97 Å². The number of carbonyl (C=O) groups excluding carboxylic acids is 2. The van der Waals surface area contributed by atoms with E-state index in [4.69, 9.17) is 0 Å². The molecule has 0 aliphatic carbocycles. The van der Waals surface area contributed by atoms with Gasteiger partial charge in [0, 0.05) is 35.1 Å². The monoisotopic (exact) mass is 273 g/mol. The quantitative estimate of drug-likeness (QED) is 0.621. The standard InChI is InChI=1S/C16H19NO3/c1-11-6-7-15-13(9-11)14(10-18)12(2)17(15)8-4-5-16(19)20-3/h6-7,9-10H,4-5,8H2,1-3H3. The van der Waals surface area contributed by atoms with Crippen LogP contribution in [0.15, 0.2) is 18.2 Å². The van der Waals surface area contributed by atoms with Crippen LogP contribution in [0.25, 0.3) is 10.9 Å². The molecule has 0 bridgehead atoms. The first-order valence-electron chi connectivity index (χ1n) is 6.70. The SMILES string of the molecule is COC(=O)CCCn1c(C)c(C=O)c2cc(C)ccc21. The van der Waals surface area contributed by atoms with Gasteiger partial charge in [-0.3, -0.25) is 9.59 Å². The minimum atomic E-state index is -0.203. The maximum atomic E-state index is 11.3. The smallest absolute Gasteiger partial charge is 0.305 e. The number of hydrogen-bond acceptors (Lipinski definition) is 3. The summed E-state index contributed by atoms with van der Waals surface area (Å²) >= 11 is 0. The van der Waals surface area contributed by atoms with E-state index in [1.165, 1.54) is 7.11 Å². The maximum absolute atomic E-state index is 11.3. The van der Waals surface area contributed by atoms with Gasteiger partial charge in [-0.25, -0.2) is 0 Å². The molecule has 0 atom stereocenters. The lowest BCUT2D eigenvalue weighted by Crippen LogP contribution is -2.05. The molecule has 1 heterocycles. The van der Waals surface area contributed by atoms with Crippen LogP contribution >= 0.6 is 0 Å². The predicted molar refractivity (Wildman–Crippen MR) is 78.0 cm³/mol. The van der Waals surface area contributed by atoms with Crippen LogP contribution in [0, 0.1) is 13.8 Å². The average molecular weight is 273 g/mol. The Kier molecular flexibility index (Phi) is 4.23. The van der Waals surface area contributed by atoms with Crippen molar-refractivity contribution in [3.63, 3.8) is 0 Å². The van der Waals surface area contributed by atoms with Gasteiger partial charge in [-0.05, 0) is 32.4 Å². The van der Waals surface area contributed by atoms with E-state index in [1.807, 2.05) is 32.0 Å². The molecular weight excluding hydrogens is 254 g/mol. The lowest BCUT2D eigenvalue weighted by Gasteiger charge is -2.08. The Hall–Kier alpha value is -2.10. The summed E-state index contributed by atoms with van der Waals surface area (Å²) in [5, 5.41) is 0.982. The molecule has 106 valence electrons. The van der Waals surface area contributed by atoms with E-state index in [2.05, 4.69) is 9.30 Å². The number of carbonyl (C=O) groups is 2. The first kappa shape index (κ1) is 14.3. The minimum absolute atomic E-state index is 0.203. The number of aromatic nitrogens is 1. The fourth-order valence-corrected chi connectivity index (χ4v) is 2.54. The molecular formula is C16H19NO3. The number of aryl methyl sites for hydroxylation is 2. The van der Waals surface area contributed by atoms with E-state index in [0.29, 0.717) is 19.4 Å². The number of hydrogen-bond donors (Lipinski definition) is 0. The van der Waals surface area contributed by atoms with Gasteiger partial charge in [0.15, 0.2) is 6.29 Å². The third-order valence-corrected chi connectivity index (χ3v) is 3.64. The molecule has 0 saturated carbocycles. The van der Waals surface area contributed by atoms with Gasteiger partial charge < -0.3 is 9.30 Å². The molecule has 0 unspecified atom stereocenters. The average Bonchev–Trinajstić information content (AvgIpc) is 2.70. The summed E-state index contributed by atoms with van der Waals surface area (Å²) in [6, 6.07) is 6.10. The van der Waals surface area contributed by atoms with Gasteiger partial charge in [0.2, 0.25) is 0 Å². The number of rotatable bonds is 5. The number of benzene rings is 1. The van der Waals surface area contributed by atoms with Crippen molar-refractivity contribution in [3.05, 3.63) is 35.0 Å². The van der Waals surface area contributed by atoms with E-state index >= 15 is 0 Å². The highest BCUT2D eigenvalue weighted by atomic mass is 16.5. The molecule has 0 radical (unpaired) electrons. The molecule has 0 aliphatic heterocycles. The van der Waals surface area contributed by atoms with Crippen LogP contribution < -0.4 is 0 Å². The molecule has 4 heteroatoms. The first-order valence-corrected chi connectivity index (χ1v) is 6.70. The topological polar surface area (TPSA) is 48.3 Å². The zero-order valence-corrected chi connectivity index (χ0v) is 12.1. The Morgan fingerprint density at radius 2 is 2.10 bits per heavy atom. The summed E-state index contributed by atoms with van der Waals surface area (Å²) < 4.78 is 6.74. The van der Waals surface area contributed by atoms with Crippen molar-refractivity contribution in [2.24, 2.45) is 0 Å². The van der Waals surface area contributed by atoms with Crippen molar-refractivity contribution < 1.29 is 14.3 Å². The van der Waals surface area contributed by atoms with E-state index in [0.717, 1.165) is 34.0 Å². The van der Waals surface area contributed by atoms with Crippen LogP contribution in [0.1, 0.15) is 34.5 Å². The van der Waals surface area contributed by atoms with Gasteiger partial charge in [0.1, 0.15) is 0 Å². The second-order valence-corrected chi connectivity index (χ2v) is 4.97. The molecule has 2 aromatic rings. The normalized spacial score (nSPS) is 10.8. The third-order valence-electron chi connectivity index (χ3n) is 3.64. The Balaban J connectivity index is 2.35. The summed E-state index contributed by atoms with van der Waals surface area (Å²) in [6.45, 7) is 4.66. The number of aldehydes is 1. The van der Waals surface area contributed by atoms with E-state index in [9.17, 15) is 9.59 Å². The van der Waals surface area contributed by atoms with Crippen LogP contribution in [0.3, 0.4) is 0 Å². The lowest BCUT2D eigenvalue weighted by molar-refractivity contribution is -0.140. The largest absolute Gasteiger partial charge is 0.469 e. The zero-order chi connectivity index (χ0) is 14.7. The van der Waals surface area contributed by atoms with Crippen molar-refractivity contribution >= 4 is 23.2 Å². The molecule has 4 nitrogen and oxygen atoms in total. The number of nitrogens with zero attached hydrogens (tertiary/aromatic N) is 1. The highest BCUT2D eigenvalue weighted by Gasteiger charge is 2.13. The van der Waals surface area contributed by atoms with Gasteiger partial charge in [-0.15, -0.1) is 0 Å². The van der Waals surface area contributed by atoms with E-state index in [-0.39, 0.29) is 5.97 Å². The second-order valence-electron chi connectivity index (χ2n) is 4.97. The van der Waals surface area contributed by atoms with Crippen molar-refractivity contribution in [1.82, 2.24) is 4.57 Å². The molecule has 2 rings (SSSR count). The van der Waals surface area contributed by atoms with Crippen LogP contribution in [-0.4, -0.2) is 23.9 Å². The predicted octanol–water partition coefficient (Wildman–Crippen LogP) is 3.02. The van der Waals surface area contributed by atoms with Crippen LogP contribution in [-0.2, 0) is 16.1 Å². The molecule has 20 heavy (non-hydrogen) atoms. The summed E-state index contributed by atoms with van der Waals surface area (Å²) in [5.74, 6) is -0.203. The Bertz CT molecular complexity index is 655. The van der Waals surface area contributed by atoms with Crippen molar-refractivity contribution in [2.75, 3.05) is 7.11 Å². The summed E-state index contributed by atoms with van der Waals surface area (Å²) in [4.78, 5) is 22.5. The van der Waals surface area contributed by atoms with Gasteiger partial charge in [0.05, 0.1) is 7.11 Å². The molecule has 0 N–H and O–H groups in total. The molecule has 1 aromatic heterocycles. The van der Waals surface area contributed by atoms with Crippen LogP contribution in [0.5, 0.6) is 0 Å². The Morgan fingerprint density at radius 1 is 1.35 bits per heavy atom. The Morgan fingerprint density at radius 3 is 2.75 bits per heavy atom. The number of ether oxygens (including phenoxy) is 1. The van der Waals surface area contributed by atoms with Crippen LogP contribution in [0.2, 0.25) is 0 Å². The highest BCUT2D eigenvalue weighted by Crippen LogP contribution is 2.26. The first-order chi connectivity index (χ1) is 9.58. The molecule has 0 aliphatic rings. The van der Waals surface area contributed by atoms with E-state index in [1.54, 1.807) is 0 Å². The highest BCUT2D eigenvalue weighted by molar-refractivity contribution is 5.99. The number of esters is 1. The van der Waals surface area contributed by atoms with Crippen LogP contribution in [0.4, 0.5) is 0 Å². The Labute approximate surface area is 118 Å². The van der Waals surface area contributed by atoms with Crippen molar-refractivity contribution in [1.29, 1.82) is 0 Å². The minimum Gasteiger partial charge on any atom is -0.469 e. The zero-order valence-electron chi connectivity index (χ0n) is 12.1. The molecule has 0 spiro atoms. The summed E-state index contributed by atoms with van der Waals surface area (Å²) in [6.07, 6.45) is 2.00. The number of methoxy groups -OCH3 is 1. The van der Waals surface area contributed by atoms with Crippen molar-refractivity contribution in [2.45, 2.75) is 33.2 Å². The van der Waals surface area contributed by atoms with Gasteiger partial charge in [0.25, 0.3) is 0 Å². The molecule has 0 saturated heterocycles.